The maximum atomic E-state index is 12.1. The van der Waals surface area contributed by atoms with Gasteiger partial charge in [0.25, 0.3) is 5.91 Å². The summed E-state index contributed by atoms with van der Waals surface area (Å²) >= 11 is 1.89. The van der Waals surface area contributed by atoms with Crippen LogP contribution in [0.25, 0.3) is 10.4 Å². The minimum absolute atomic E-state index is 0.0747. The Kier molecular flexibility index (Phi) is 3.52. The Bertz CT molecular complexity index is 851. The van der Waals surface area contributed by atoms with Gasteiger partial charge in [-0.25, -0.2) is 0 Å². The van der Waals surface area contributed by atoms with Gasteiger partial charge in [-0.05, 0) is 67.2 Å². The first-order chi connectivity index (χ1) is 12.2. The van der Waals surface area contributed by atoms with E-state index in [0.29, 0.717) is 6.54 Å². The van der Waals surface area contributed by atoms with Crippen LogP contribution >= 0.6 is 11.3 Å². The topological polar surface area (TPSA) is 41.6 Å². The fourth-order valence-electron chi connectivity index (χ4n) is 4.39. The van der Waals surface area contributed by atoms with Gasteiger partial charge in [-0.15, -0.1) is 11.3 Å². The van der Waals surface area contributed by atoms with Gasteiger partial charge >= 0.3 is 0 Å². The molecule has 5 rings (SSSR count). The summed E-state index contributed by atoms with van der Waals surface area (Å²) in [5, 5.41) is 3.45. The van der Waals surface area contributed by atoms with E-state index in [2.05, 4.69) is 23.5 Å². The molecule has 1 amide bonds. The normalized spacial score (nSPS) is 21.5. The molecule has 0 aliphatic carbocycles. The van der Waals surface area contributed by atoms with Gasteiger partial charge in [-0.2, -0.15) is 0 Å². The van der Waals surface area contributed by atoms with Crippen molar-refractivity contribution in [2.75, 3.05) is 26.7 Å². The first-order valence-corrected chi connectivity index (χ1v) is 9.85. The first-order valence-electron chi connectivity index (χ1n) is 9.03. The second kappa shape index (κ2) is 5.66. The van der Waals surface area contributed by atoms with Crippen molar-refractivity contribution in [1.29, 1.82) is 0 Å². The van der Waals surface area contributed by atoms with Crippen LogP contribution in [0, 0.1) is 0 Å². The van der Waals surface area contributed by atoms with Gasteiger partial charge in [0, 0.05) is 28.9 Å². The average Bonchev–Trinajstić information content (AvgIpc) is 3.19. The third kappa shape index (κ3) is 2.37. The molecule has 4 nitrogen and oxygen atoms in total. The summed E-state index contributed by atoms with van der Waals surface area (Å²) in [6.45, 7) is 3.60. The molecule has 1 fully saturated rings. The van der Waals surface area contributed by atoms with Crippen molar-refractivity contribution in [2.24, 2.45) is 0 Å². The molecule has 1 aromatic carbocycles. The number of hydrogen-bond donors (Lipinski definition) is 1. The minimum Gasteiger partial charge on any atom is -0.369 e. The van der Waals surface area contributed by atoms with Gasteiger partial charge < -0.3 is 15.0 Å². The Labute approximate surface area is 151 Å². The Balaban J connectivity index is 1.55. The zero-order chi connectivity index (χ0) is 17.0. The van der Waals surface area contributed by atoms with Crippen molar-refractivity contribution in [3.05, 3.63) is 45.8 Å². The third-order valence-corrected chi connectivity index (χ3v) is 7.17. The van der Waals surface area contributed by atoms with Crippen LogP contribution in [-0.4, -0.2) is 37.6 Å². The Hall–Kier alpha value is -1.69. The van der Waals surface area contributed by atoms with E-state index in [1.54, 1.807) is 4.90 Å². The van der Waals surface area contributed by atoms with Gasteiger partial charge in [0.15, 0.2) is 0 Å². The highest BCUT2D eigenvalue weighted by atomic mass is 32.1. The zero-order valence-corrected chi connectivity index (χ0v) is 15.2. The number of hydrogen-bond acceptors (Lipinski definition) is 4. The predicted molar refractivity (Wildman–Crippen MR) is 99.0 cm³/mol. The first kappa shape index (κ1) is 15.6. The van der Waals surface area contributed by atoms with Crippen molar-refractivity contribution in [3.8, 4) is 10.4 Å². The predicted octanol–water partition coefficient (Wildman–Crippen LogP) is 3.15. The average molecular weight is 354 g/mol. The lowest BCUT2D eigenvalue weighted by Crippen LogP contribution is -2.43. The smallest absolute Gasteiger partial charge is 0.254 e. The van der Waals surface area contributed by atoms with Gasteiger partial charge in [0.2, 0.25) is 0 Å². The van der Waals surface area contributed by atoms with Crippen molar-refractivity contribution in [2.45, 2.75) is 31.4 Å². The summed E-state index contributed by atoms with van der Waals surface area (Å²) < 4.78 is 6.30. The summed E-state index contributed by atoms with van der Waals surface area (Å²) in [4.78, 5) is 16.6. The van der Waals surface area contributed by atoms with E-state index in [1.165, 1.54) is 20.9 Å². The van der Waals surface area contributed by atoms with E-state index in [4.69, 9.17) is 4.74 Å². The molecular formula is C20H22N2O2S. The number of thiophene rings is 1. The maximum absolute atomic E-state index is 12.1. The van der Waals surface area contributed by atoms with E-state index >= 15 is 0 Å². The van der Waals surface area contributed by atoms with Crippen LogP contribution in [0.2, 0.25) is 0 Å². The van der Waals surface area contributed by atoms with E-state index in [1.807, 2.05) is 24.5 Å². The summed E-state index contributed by atoms with van der Waals surface area (Å²) in [6, 6.07) is 8.65. The summed E-state index contributed by atoms with van der Waals surface area (Å²) in [6.07, 6.45) is 3.13. The van der Waals surface area contributed by atoms with Crippen molar-refractivity contribution >= 4 is 17.2 Å². The second-order valence-corrected chi connectivity index (χ2v) is 8.39. The lowest BCUT2D eigenvalue weighted by Gasteiger charge is -2.40. The van der Waals surface area contributed by atoms with Gasteiger partial charge in [0.05, 0.1) is 6.61 Å². The minimum atomic E-state index is -0.0747. The van der Waals surface area contributed by atoms with Gasteiger partial charge in [-0.1, -0.05) is 6.07 Å². The molecule has 25 heavy (non-hydrogen) atoms. The van der Waals surface area contributed by atoms with Crippen LogP contribution < -0.4 is 5.32 Å². The molecule has 1 aromatic heterocycles. The van der Waals surface area contributed by atoms with Gasteiger partial charge in [0.1, 0.15) is 5.60 Å². The molecule has 1 saturated heterocycles. The Morgan fingerprint density at radius 3 is 2.88 bits per heavy atom. The van der Waals surface area contributed by atoms with Crippen LogP contribution in [0.15, 0.2) is 24.3 Å². The summed E-state index contributed by atoms with van der Waals surface area (Å²) in [5.74, 6) is 0.133. The van der Waals surface area contributed by atoms with Crippen molar-refractivity contribution < 1.29 is 9.53 Å². The lowest BCUT2D eigenvalue weighted by molar-refractivity contribution is -0.0771. The number of amides is 1. The monoisotopic (exact) mass is 354 g/mol. The highest BCUT2D eigenvalue weighted by Crippen LogP contribution is 2.46. The quantitative estimate of drug-likeness (QED) is 0.855. The molecule has 0 saturated carbocycles. The number of ether oxygens (including phenoxy) is 1. The molecule has 1 spiro atoms. The number of carbonyl (C=O) groups excluding carboxylic acids is 1. The number of carbonyl (C=O) groups is 1. The molecule has 0 bridgehead atoms. The Morgan fingerprint density at radius 1 is 1.20 bits per heavy atom. The largest absolute Gasteiger partial charge is 0.369 e. The maximum Gasteiger partial charge on any atom is 0.254 e. The van der Waals surface area contributed by atoms with E-state index < -0.39 is 0 Å². The molecule has 0 atom stereocenters. The molecule has 1 N–H and O–H groups in total. The van der Waals surface area contributed by atoms with Crippen LogP contribution in [0.3, 0.4) is 0 Å². The molecule has 0 radical (unpaired) electrons. The van der Waals surface area contributed by atoms with E-state index in [0.717, 1.165) is 50.1 Å². The number of nitrogens with one attached hydrogen (secondary N) is 1. The summed E-state index contributed by atoms with van der Waals surface area (Å²) in [7, 11) is 1.87. The van der Waals surface area contributed by atoms with Crippen molar-refractivity contribution in [3.63, 3.8) is 0 Å². The fraction of sp³-hybridized carbons (Fsp3) is 0.450. The number of benzene rings is 1. The summed E-state index contributed by atoms with van der Waals surface area (Å²) in [5.41, 5.74) is 4.61. The second-order valence-electron chi connectivity index (χ2n) is 7.34. The van der Waals surface area contributed by atoms with Crippen LogP contribution in [0.5, 0.6) is 0 Å². The molecule has 3 aliphatic heterocycles. The standard InChI is InChI=1S/C20H22N2O2S/c1-22-12-15-10-13(2-3-16(15)19(22)23)17-11-14-4-9-24-20(18(14)25-17)5-7-21-8-6-20/h2-3,10-11,21H,4-9,12H2,1H3. The lowest BCUT2D eigenvalue weighted by atomic mass is 9.86. The van der Waals surface area contributed by atoms with Crippen molar-refractivity contribution in [1.82, 2.24) is 10.2 Å². The number of fused-ring (bicyclic) bond motifs is 3. The number of rotatable bonds is 1. The van der Waals surface area contributed by atoms with E-state index in [-0.39, 0.29) is 11.5 Å². The Morgan fingerprint density at radius 2 is 2.04 bits per heavy atom. The number of piperidine rings is 1. The molecule has 4 heterocycles. The zero-order valence-electron chi connectivity index (χ0n) is 14.4. The van der Waals surface area contributed by atoms with Crippen LogP contribution in [0.4, 0.5) is 0 Å². The molecular weight excluding hydrogens is 332 g/mol. The van der Waals surface area contributed by atoms with Gasteiger partial charge in [-0.3, -0.25) is 4.79 Å². The molecule has 5 heteroatoms. The van der Waals surface area contributed by atoms with Crippen LogP contribution in [0.1, 0.15) is 39.2 Å². The third-order valence-electron chi connectivity index (χ3n) is 5.76. The van der Waals surface area contributed by atoms with Crippen LogP contribution in [-0.2, 0) is 23.3 Å². The highest BCUT2D eigenvalue weighted by Gasteiger charge is 2.40. The molecule has 0 unspecified atom stereocenters. The SMILES string of the molecule is CN1Cc2cc(-c3cc4c(s3)C3(CCNCC3)OCC4)ccc2C1=O. The number of nitrogens with zero attached hydrogens (tertiary/aromatic N) is 1. The molecule has 130 valence electrons. The molecule has 3 aliphatic rings. The highest BCUT2D eigenvalue weighted by molar-refractivity contribution is 7.15. The fourth-order valence-corrected chi connectivity index (χ4v) is 5.79. The molecule has 2 aromatic rings. The van der Waals surface area contributed by atoms with E-state index in [9.17, 15) is 4.79 Å².